The maximum Gasteiger partial charge on any atom is 0.0135 e. The van der Waals surface area contributed by atoms with Gasteiger partial charge in [0.15, 0.2) is 0 Å². The van der Waals surface area contributed by atoms with E-state index < -0.39 is 0 Å². The zero-order valence-electron chi connectivity index (χ0n) is 11.0. The van der Waals surface area contributed by atoms with Crippen LogP contribution in [0, 0.1) is 11.8 Å². The minimum Gasteiger partial charge on any atom is -0.330 e. The van der Waals surface area contributed by atoms with Crippen LogP contribution >= 0.6 is 0 Å². The molecule has 2 aliphatic rings. The number of nitrogens with two attached hydrogens (primary N) is 1. The highest BCUT2D eigenvalue weighted by Crippen LogP contribution is 2.37. The van der Waals surface area contributed by atoms with Gasteiger partial charge in [0.1, 0.15) is 0 Å². The Labute approximate surface area is 101 Å². The van der Waals surface area contributed by atoms with E-state index in [-0.39, 0.29) is 0 Å². The van der Waals surface area contributed by atoms with Gasteiger partial charge in [-0.2, -0.15) is 0 Å². The van der Waals surface area contributed by atoms with Crippen LogP contribution in [0.15, 0.2) is 0 Å². The Morgan fingerprint density at radius 1 is 1.12 bits per heavy atom. The fraction of sp³-hybridized carbons (Fsp3) is 1.00. The Morgan fingerprint density at radius 3 is 2.44 bits per heavy atom. The third kappa shape index (κ3) is 2.78. The van der Waals surface area contributed by atoms with Crippen LogP contribution in [0.1, 0.15) is 51.9 Å². The van der Waals surface area contributed by atoms with Crippen LogP contribution in [-0.4, -0.2) is 30.6 Å². The molecule has 0 bridgehead atoms. The van der Waals surface area contributed by atoms with Gasteiger partial charge >= 0.3 is 0 Å². The highest BCUT2D eigenvalue weighted by molar-refractivity contribution is 4.90. The van der Waals surface area contributed by atoms with Gasteiger partial charge in [0, 0.05) is 12.1 Å². The number of hydrogen-bond donors (Lipinski definition) is 1. The quantitative estimate of drug-likeness (QED) is 0.744. The van der Waals surface area contributed by atoms with Crippen molar-refractivity contribution >= 4 is 0 Å². The summed E-state index contributed by atoms with van der Waals surface area (Å²) in [5.41, 5.74) is 5.97. The number of hydrogen-bond acceptors (Lipinski definition) is 2. The SMILES string of the molecule is CC(C1CC1)N(C)C1CCCCCC1CN. The van der Waals surface area contributed by atoms with Gasteiger partial charge < -0.3 is 10.6 Å². The van der Waals surface area contributed by atoms with Gasteiger partial charge in [0.2, 0.25) is 0 Å². The van der Waals surface area contributed by atoms with Crippen LogP contribution in [0.25, 0.3) is 0 Å². The Morgan fingerprint density at radius 2 is 1.81 bits per heavy atom. The second kappa shape index (κ2) is 5.50. The molecule has 0 aromatic carbocycles. The van der Waals surface area contributed by atoms with E-state index in [1.54, 1.807) is 0 Å². The van der Waals surface area contributed by atoms with Crippen LogP contribution < -0.4 is 5.73 Å². The minimum atomic E-state index is 0.744. The van der Waals surface area contributed by atoms with Crippen LogP contribution in [0.4, 0.5) is 0 Å². The fourth-order valence-electron chi connectivity index (χ4n) is 3.39. The molecule has 0 heterocycles. The van der Waals surface area contributed by atoms with Crippen molar-refractivity contribution in [2.24, 2.45) is 17.6 Å². The van der Waals surface area contributed by atoms with Crippen molar-refractivity contribution in [3.05, 3.63) is 0 Å². The lowest BCUT2D eigenvalue weighted by molar-refractivity contribution is 0.114. The van der Waals surface area contributed by atoms with E-state index in [9.17, 15) is 0 Å². The molecule has 94 valence electrons. The average Bonchev–Trinajstić information content (AvgIpc) is 3.12. The summed E-state index contributed by atoms with van der Waals surface area (Å²) in [5, 5.41) is 0. The van der Waals surface area contributed by atoms with E-state index in [1.807, 2.05) is 0 Å². The molecule has 0 radical (unpaired) electrons. The van der Waals surface area contributed by atoms with Crippen LogP contribution in [0.3, 0.4) is 0 Å². The Hall–Kier alpha value is -0.0800. The van der Waals surface area contributed by atoms with Crippen LogP contribution in [0.5, 0.6) is 0 Å². The van der Waals surface area contributed by atoms with Gasteiger partial charge in [0.25, 0.3) is 0 Å². The molecule has 0 aromatic rings. The maximum atomic E-state index is 5.97. The van der Waals surface area contributed by atoms with Crippen molar-refractivity contribution in [2.45, 2.75) is 64.0 Å². The van der Waals surface area contributed by atoms with Crippen molar-refractivity contribution in [3.8, 4) is 0 Å². The third-order valence-corrected chi connectivity index (χ3v) is 4.89. The molecule has 0 amide bonds. The van der Waals surface area contributed by atoms with E-state index in [2.05, 4.69) is 18.9 Å². The van der Waals surface area contributed by atoms with Gasteiger partial charge in [0.05, 0.1) is 0 Å². The first-order valence-electron chi connectivity index (χ1n) is 7.16. The van der Waals surface area contributed by atoms with E-state index >= 15 is 0 Å². The molecule has 16 heavy (non-hydrogen) atoms. The Bertz CT molecular complexity index is 213. The maximum absolute atomic E-state index is 5.97. The molecule has 2 rings (SSSR count). The van der Waals surface area contributed by atoms with Gasteiger partial charge in [-0.15, -0.1) is 0 Å². The summed E-state index contributed by atoms with van der Waals surface area (Å²) >= 11 is 0. The van der Waals surface area contributed by atoms with E-state index in [0.717, 1.165) is 30.5 Å². The molecule has 0 aliphatic heterocycles. The fourth-order valence-corrected chi connectivity index (χ4v) is 3.39. The third-order valence-electron chi connectivity index (χ3n) is 4.89. The highest BCUT2D eigenvalue weighted by Gasteiger charge is 2.35. The lowest BCUT2D eigenvalue weighted by Gasteiger charge is -2.37. The number of rotatable bonds is 4. The molecule has 2 N–H and O–H groups in total. The summed E-state index contributed by atoms with van der Waals surface area (Å²) < 4.78 is 0. The van der Waals surface area contributed by atoms with E-state index in [0.29, 0.717) is 0 Å². The summed E-state index contributed by atoms with van der Waals surface area (Å²) in [6, 6.07) is 1.53. The molecule has 2 aliphatic carbocycles. The molecule has 3 atom stereocenters. The van der Waals surface area contributed by atoms with Crippen molar-refractivity contribution in [2.75, 3.05) is 13.6 Å². The van der Waals surface area contributed by atoms with Crippen molar-refractivity contribution in [1.29, 1.82) is 0 Å². The van der Waals surface area contributed by atoms with Crippen LogP contribution in [-0.2, 0) is 0 Å². The molecule has 2 heteroatoms. The second-order valence-electron chi connectivity index (χ2n) is 5.94. The first-order valence-corrected chi connectivity index (χ1v) is 7.16. The Balaban J connectivity index is 1.96. The molecule has 2 nitrogen and oxygen atoms in total. The van der Waals surface area contributed by atoms with Crippen molar-refractivity contribution in [3.63, 3.8) is 0 Å². The van der Waals surface area contributed by atoms with E-state index in [1.165, 1.54) is 44.9 Å². The van der Waals surface area contributed by atoms with Crippen molar-refractivity contribution < 1.29 is 0 Å². The molecule has 2 saturated carbocycles. The summed E-state index contributed by atoms with van der Waals surface area (Å²) in [6.07, 6.45) is 9.83. The second-order valence-corrected chi connectivity index (χ2v) is 5.94. The predicted octanol–water partition coefficient (Wildman–Crippen LogP) is 2.62. The zero-order chi connectivity index (χ0) is 11.5. The van der Waals surface area contributed by atoms with Gasteiger partial charge in [-0.3, -0.25) is 0 Å². The molecule has 0 saturated heterocycles. The number of nitrogens with zero attached hydrogens (tertiary/aromatic N) is 1. The highest BCUT2D eigenvalue weighted by atomic mass is 15.2. The molecule has 0 aromatic heterocycles. The summed E-state index contributed by atoms with van der Waals surface area (Å²) in [7, 11) is 2.33. The molecule has 0 spiro atoms. The van der Waals surface area contributed by atoms with Gasteiger partial charge in [-0.1, -0.05) is 19.3 Å². The van der Waals surface area contributed by atoms with E-state index in [4.69, 9.17) is 5.73 Å². The first kappa shape index (κ1) is 12.4. The first-order chi connectivity index (χ1) is 7.74. The molecule has 2 fully saturated rings. The predicted molar refractivity (Wildman–Crippen MR) is 69.4 cm³/mol. The Kier molecular flexibility index (Phi) is 4.26. The lowest BCUT2D eigenvalue weighted by Crippen LogP contribution is -2.45. The zero-order valence-corrected chi connectivity index (χ0v) is 11.0. The average molecular weight is 224 g/mol. The monoisotopic (exact) mass is 224 g/mol. The summed E-state index contributed by atoms with van der Waals surface area (Å²) in [5.74, 6) is 1.72. The lowest BCUT2D eigenvalue weighted by atomic mass is 9.92. The topological polar surface area (TPSA) is 29.3 Å². The largest absolute Gasteiger partial charge is 0.330 e. The summed E-state index contributed by atoms with van der Waals surface area (Å²) in [4.78, 5) is 2.65. The van der Waals surface area contributed by atoms with Gasteiger partial charge in [-0.05, 0) is 58.0 Å². The normalized spacial score (nSPS) is 33.8. The van der Waals surface area contributed by atoms with Crippen molar-refractivity contribution in [1.82, 2.24) is 4.90 Å². The molecular weight excluding hydrogens is 196 g/mol. The smallest absolute Gasteiger partial charge is 0.0135 e. The minimum absolute atomic E-state index is 0.744. The van der Waals surface area contributed by atoms with Gasteiger partial charge in [-0.25, -0.2) is 0 Å². The van der Waals surface area contributed by atoms with Crippen LogP contribution in [0.2, 0.25) is 0 Å². The molecule has 3 unspecified atom stereocenters. The standard InChI is InChI=1S/C14H28N2/c1-11(12-8-9-12)16(2)14-7-5-3-4-6-13(14)10-15/h11-14H,3-10,15H2,1-2H3. The molecular formula is C14H28N2. The summed E-state index contributed by atoms with van der Waals surface area (Å²) in [6.45, 7) is 3.29.